The Bertz CT molecular complexity index is 235. The number of nitrogens with zero attached hydrogens (tertiary/aromatic N) is 4. The minimum absolute atomic E-state index is 0. The Morgan fingerprint density at radius 3 is 0.706 bits per heavy atom. The predicted octanol–water partition coefficient (Wildman–Crippen LogP) is 3.60. The molecule has 0 aromatic heterocycles. The maximum atomic E-state index is 6.48. The molecule has 96 valence electrons. The van der Waals surface area contributed by atoms with E-state index < -0.39 is 0 Å². The molecule has 0 atom stereocenters. The zero-order valence-electron chi connectivity index (χ0n) is 11.1. The van der Waals surface area contributed by atoms with Crippen LogP contribution >= 0.6 is 0 Å². The molecule has 0 saturated heterocycles. The second-order valence-electron chi connectivity index (χ2n) is 4.57. The monoisotopic (exact) mass is 324 g/mol. The Morgan fingerprint density at radius 1 is 0.647 bits per heavy atom. The van der Waals surface area contributed by atoms with E-state index in [1.807, 2.05) is 41.5 Å². The van der Waals surface area contributed by atoms with Crippen LogP contribution in [0.1, 0.15) is 41.5 Å². The Kier molecular flexibility index (Phi) is 29.7. The third-order valence-electron chi connectivity index (χ3n) is 0.671. The Balaban J connectivity index is -0.0000000417. The molecule has 0 fully saturated rings. The van der Waals surface area contributed by atoms with Crippen LogP contribution in [0.25, 0.3) is 9.69 Å². The molecule has 0 heterocycles. The molecular formula is C12H18N4Pd. The molecule has 0 aliphatic carbocycles. The van der Waals surface area contributed by atoms with Crippen LogP contribution in [0.3, 0.4) is 0 Å². The molecule has 0 amide bonds. The van der Waals surface area contributed by atoms with Gasteiger partial charge in [-0.25, -0.2) is 13.1 Å². The standard InChI is InChI=1S/2C5H9N.2CN.Pd/c2*1-5(2,3)6-4;2*1-2;/h2*1-3H3;;;/q;;2*-1;+2. The minimum atomic E-state index is -0.167. The summed E-state index contributed by atoms with van der Waals surface area (Å²) in [5.74, 6) is 0. The molecule has 0 aromatic carbocycles. The van der Waals surface area contributed by atoms with E-state index in [1.54, 1.807) is 0 Å². The summed E-state index contributed by atoms with van der Waals surface area (Å²) in [5.41, 5.74) is -0.333. The Labute approximate surface area is 120 Å². The van der Waals surface area contributed by atoms with E-state index >= 15 is 0 Å². The van der Waals surface area contributed by atoms with Crippen LogP contribution in [-0.2, 0) is 20.4 Å². The van der Waals surface area contributed by atoms with E-state index in [9.17, 15) is 0 Å². The van der Waals surface area contributed by atoms with Gasteiger partial charge in [-0.05, 0) is 0 Å². The van der Waals surface area contributed by atoms with Gasteiger partial charge in [0.25, 0.3) is 0 Å². The first-order chi connectivity index (χ1) is 7.12. The zero-order chi connectivity index (χ0) is 14.4. The molecule has 5 heteroatoms. The van der Waals surface area contributed by atoms with Gasteiger partial charge in [0.2, 0.25) is 11.1 Å². The SMILES string of the molecule is [C-]#N.[C-]#N.[C-]#[N+]C(C)(C)C.[C-]#[N+]C(C)(C)C.[Pd+2]. The van der Waals surface area contributed by atoms with Crippen molar-refractivity contribution in [1.29, 1.82) is 10.5 Å². The largest absolute Gasteiger partial charge is 2.00 e. The van der Waals surface area contributed by atoms with Gasteiger partial charge >= 0.3 is 20.4 Å². The molecule has 0 spiro atoms. The zero-order valence-corrected chi connectivity index (χ0v) is 12.7. The normalized spacial score (nSPS) is 7.53. The van der Waals surface area contributed by atoms with Crippen molar-refractivity contribution in [2.45, 2.75) is 52.6 Å². The van der Waals surface area contributed by atoms with Gasteiger partial charge in [-0.2, -0.15) is 0 Å². The van der Waals surface area contributed by atoms with Crippen molar-refractivity contribution in [2.24, 2.45) is 0 Å². The van der Waals surface area contributed by atoms with E-state index in [1.165, 1.54) is 0 Å². The van der Waals surface area contributed by atoms with Crippen LogP contribution in [-0.4, -0.2) is 11.1 Å². The summed E-state index contributed by atoms with van der Waals surface area (Å²) >= 11 is 0. The Morgan fingerprint density at radius 2 is 0.706 bits per heavy atom. The summed E-state index contributed by atoms with van der Waals surface area (Å²) in [6, 6.07) is 0. The Hall–Kier alpha value is -1.38. The van der Waals surface area contributed by atoms with Crippen molar-refractivity contribution < 1.29 is 20.4 Å². The summed E-state index contributed by atoms with van der Waals surface area (Å²) in [5, 5.41) is 12.5. The molecule has 0 saturated carbocycles. The van der Waals surface area contributed by atoms with E-state index in [-0.39, 0.29) is 31.5 Å². The maximum Gasteiger partial charge on any atom is 2.00 e. The van der Waals surface area contributed by atoms with Crippen LogP contribution < -0.4 is 0 Å². The quantitative estimate of drug-likeness (QED) is 0.505. The maximum absolute atomic E-state index is 6.48. The predicted molar refractivity (Wildman–Crippen MR) is 62.6 cm³/mol. The molecule has 0 radical (unpaired) electrons. The topological polar surface area (TPSA) is 56.3 Å². The first kappa shape index (κ1) is 29.6. The molecule has 4 nitrogen and oxygen atoms in total. The molecule has 0 aliphatic heterocycles. The van der Waals surface area contributed by atoms with Crippen molar-refractivity contribution in [1.82, 2.24) is 0 Å². The van der Waals surface area contributed by atoms with Crippen molar-refractivity contribution in [3.8, 4) is 0 Å². The van der Waals surface area contributed by atoms with Gasteiger partial charge in [0, 0.05) is 41.5 Å². The minimum Gasteiger partial charge on any atom is -0.512 e. The average molecular weight is 325 g/mol. The fourth-order valence-electron chi connectivity index (χ4n) is 0. The van der Waals surface area contributed by atoms with Gasteiger partial charge in [0.1, 0.15) is 0 Å². The smallest absolute Gasteiger partial charge is 0.512 e. The van der Waals surface area contributed by atoms with Gasteiger partial charge < -0.3 is 33.4 Å². The van der Waals surface area contributed by atoms with Gasteiger partial charge in [-0.1, -0.05) is 0 Å². The second-order valence-corrected chi connectivity index (χ2v) is 4.57. The number of rotatable bonds is 0. The summed E-state index contributed by atoms with van der Waals surface area (Å²) < 4.78 is 0. The van der Waals surface area contributed by atoms with Crippen molar-refractivity contribution in [2.75, 3.05) is 0 Å². The number of hydrogen-bond acceptors (Lipinski definition) is 2. The van der Waals surface area contributed by atoms with E-state index in [4.69, 9.17) is 36.8 Å². The molecular weight excluding hydrogens is 307 g/mol. The molecule has 17 heavy (non-hydrogen) atoms. The van der Waals surface area contributed by atoms with Crippen LogP contribution in [0.5, 0.6) is 0 Å². The molecule has 0 aromatic rings. The van der Waals surface area contributed by atoms with Crippen molar-refractivity contribution in [3.05, 3.63) is 36.0 Å². The van der Waals surface area contributed by atoms with Crippen LogP contribution in [0, 0.1) is 36.8 Å². The van der Waals surface area contributed by atoms with Gasteiger partial charge in [0.05, 0.1) is 0 Å². The summed E-state index contributed by atoms with van der Waals surface area (Å²) in [6.45, 7) is 33.8. The van der Waals surface area contributed by atoms with Gasteiger partial charge in [0.15, 0.2) is 0 Å². The van der Waals surface area contributed by atoms with Crippen LogP contribution in [0.2, 0.25) is 0 Å². The molecule has 0 rings (SSSR count). The van der Waals surface area contributed by atoms with Crippen LogP contribution in [0.4, 0.5) is 0 Å². The van der Waals surface area contributed by atoms with Crippen LogP contribution in [0.15, 0.2) is 0 Å². The van der Waals surface area contributed by atoms with E-state index in [2.05, 4.69) is 9.69 Å². The third-order valence-corrected chi connectivity index (χ3v) is 0.671. The van der Waals surface area contributed by atoms with Gasteiger partial charge in [-0.15, -0.1) is 0 Å². The summed E-state index contributed by atoms with van der Waals surface area (Å²) in [6.07, 6.45) is 0. The first-order valence-corrected chi connectivity index (χ1v) is 4.34. The molecule has 0 N–H and O–H groups in total. The third kappa shape index (κ3) is 109. The molecule has 0 unspecified atom stereocenters. The average Bonchev–Trinajstić information content (AvgIpc) is 2.23. The van der Waals surface area contributed by atoms with Crippen molar-refractivity contribution in [3.63, 3.8) is 0 Å². The first-order valence-electron chi connectivity index (χ1n) is 4.34. The van der Waals surface area contributed by atoms with Gasteiger partial charge in [-0.3, -0.25) is 0 Å². The van der Waals surface area contributed by atoms with E-state index in [0.29, 0.717) is 0 Å². The molecule has 0 bridgehead atoms. The fraction of sp³-hybridized carbons (Fsp3) is 0.667. The summed E-state index contributed by atoms with van der Waals surface area (Å²) in [7, 11) is 0. The number of hydrogen-bond donors (Lipinski definition) is 0. The fourth-order valence-corrected chi connectivity index (χ4v) is 0. The molecule has 0 aliphatic rings. The van der Waals surface area contributed by atoms with Crippen molar-refractivity contribution >= 4 is 0 Å². The van der Waals surface area contributed by atoms with E-state index in [0.717, 1.165) is 0 Å². The second kappa shape index (κ2) is 17.0. The summed E-state index contributed by atoms with van der Waals surface area (Å²) in [4.78, 5) is 6.54.